The molecule has 3 fully saturated rings. The molecule has 3 saturated carbocycles. The summed E-state index contributed by atoms with van der Waals surface area (Å²) in [5.74, 6) is 0.513. The SMILES string of the molecule is C=C(C)[C@H]1C=C[C@@H]2[C@]3(CC[C@]4(C)[C@@H]([C@H](C)CC/C=C(/C)C(=O)O)CC[C@@]24C)C[C@]13CCC(=O)O. The van der Waals surface area contributed by atoms with Gasteiger partial charge in [0.15, 0.2) is 0 Å². The molecule has 4 aliphatic rings. The van der Waals surface area contributed by atoms with E-state index in [1.807, 2.05) is 6.08 Å². The van der Waals surface area contributed by atoms with Crippen molar-refractivity contribution >= 4 is 11.9 Å². The van der Waals surface area contributed by atoms with Gasteiger partial charge in [0.2, 0.25) is 0 Å². The van der Waals surface area contributed by atoms with Crippen LogP contribution < -0.4 is 0 Å². The van der Waals surface area contributed by atoms with Crippen molar-refractivity contribution in [2.45, 2.75) is 92.4 Å². The minimum absolute atomic E-state index is 0.0733. The van der Waals surface area contributed by atoms with Crippen molar-refractivity contribution < 1.29 is 19.8 Å². The molecular formula is C30H44O4. The molecule has 8 atom stereocenters. The maximum Gasteiger partial charge on any atom is 0.330 e. The van der Waals surface area contributed by atoms with Crippen LogP contribution in [0.5, 0.6) is 0 Å². The minimum atomic E-state index is -0.821. The van der Waals surface area contributed by atoms with Crippen molar-refractivity contribution in [2.24, 2.45) is 45.3 Å². The third kappa shape index (κ3) is 3.45. The third-order valence-electron chi connectivity index (χ3n) is 11.5. The van der Waals surface area contributed by atoms with Crippen LogP contribution in [0.2, 0.25) is 0 Å². The number of fused-ring (bicyclic) bond motifs is 2. The van der Waals surface area contributed by atoms with Crippen LogP contribution in [0.15, 0.2) is 36.0 Å². The first-order valence-electron chi connectivity index (χ1n) is 13.3. The Balaban J connectivity index is 1.59. The first-order valence-corrected chi connectivity index (χ1v) is 13.3. The predicted octanol–water partition coefficient (Wildman–Crippen LogP) is 7.27. The summed E-state index contributed by atoms with van der Waals surface area (Å²) in [6, 6.07) is 0. The number of carboxylic acids is 2. The lowest BCUT2D eigenvalue weighted by molar-refractivity contribution is -0.138. The summed E-state index contributed by atoms with van der Waals surface area (Å²) in [6.45, 7) is 15.5. The van der Waals surface area contributed by atoms with E-state index in [0.29, 0.717) is 29.2 Å². The van der Waals surface area contributed by atoms with E-state index in [1.54, 1.807) is 6.92 Å². The molecular weight excluding hydrogens is 424 g/mol. The molecule has 0 amide bonds. The number of rotatable bonds is 9. The summed E-state index contributed by atoms with van der Waals surface area (Å²) in [5, 5.41) is 18.6. The number of aliphatic carboxylic acids is 2. The van der Waals surface area contributed by atoms with Crippen molar-refractivity contribution in [3.05, 3.63) is 36.0 Å². The monoisotopic (exact) mass is 468 g/mol. The highest BCUT2D eigenvalue weighted by Crippen LogP contribution is 2.86. The fourth-order valence-corrected chi connectivity index (χ4v) is 9.43. The summed E-state index contributed by atoms with van der Waals surface area (Å²) < 4.78 is 0. The topological polar surface area (TPSA) is 74.6 Å². The van der Waals surface area contributed by atoms with Crippen molar-refractivity contribution in [1.29, 1.82) is 0 Å². The molecule has 0 bridgehead atoms. The number of hydrogen-bond donors (Lipinski definition) is 2. The van der Waals surface area contributed by atoms with Gasteiger partial charge >= 0.3 is 11.9 Å². The second kappa shape index (κ2) is 8.38. The van der Waals surface area contributed by atoms with Gasteiger partial charge in [-0.25, -0.2) is 4.79 Å². The van der Waals surface area contributed by atoms with Gasteiger partial charge in [0.25, 0.3) is 0 Å². The maximum absolute atomic E-state index is 11.5. The van der Waals surface area contributed by atoms with Crippen molar-refractivity contribution in [3.8, 4) is 0 Å². The summed E-state index contributed by atoms with van der Waals surface area (Å²) in [7, 11) is 0. The van der Waals surface area contributed by atoms with Crippen LogP contribution in [0, 0.1) is 45.3 Å². The van der Waals surface area contributed by atoms with E-state index < -0.39 is 11.9 Å². The average Bonchev–Trinajstić information content (AvgIpc) is 3.35. The average molecular weight is 469 g/mol. The van der Waals surface area contributed by atoms with Gasteiger partial charge < -0.3 is 10.2 Å². The zero-order chi connectivity index (χ0) is 25.1. The summed E-state index contributed by atoms with van der Waals surface area (Å²) >= 11 is 0. The van der Waals surface area contributed by atoms with Gasteiger partial charge in [-0.05, 0) is 105 Å². The molecule has 4 rings (SSSR count). The van der Waals surface area contributed by atoms with Crippen LogP contribution in [0.1, 0.15) is 92.4 Å². The Bertz CT molecular complexity index is 945. The number of hydrogen-bond acceptors (Lipinski definition) is 2. The van der Waals surface area contributed by atoms with Gasteiger partial charge in [-0.1, -0.05) is 51.2 Å². The van der Waals surface area contributed by atoms with E-state index in [2.05, 4.69) is 46.4 Å². The molecule has 34 heavy (non-hydrogen) atoms. The fourth-order valence-electron chi connectivity index (χ4n) is 9.43. The second-order valence-electron chi connectivity index (χ2n) is 12.8. The summed E-state index contributed by atoms with van der Waals surface area (Å²) in [4.78, 5) is 22.7. The van der Waals surface area contributed by atoms with Gasteiger partial charge in [-0.2, -0.15) is 0 Å². The van der Waals surface area contributed by atoms with Crippen LogP contribution in [0.3, 0.4) is 0 Å². The Hall–Kier alpha value is -1.84. The summed E-state index contributed by atoms with van der Waals surface area (Å²) in [5.41, 5.74) is 2.41. The van der Waals surface area contributed by atoms with Crippen LogP contribution in [0.25, 0.3) is 0 Å². The van der Waals surface area contributed by atoms with E-state index in [-0.39, 0.29) is 28.1 Å². The highest BCUT2D eigenvalue weighted by molar-refractivity contribution is 5.85. The Labute approximate surface area is 205 Å². The number of carboxylic acid groups (broad SMARTS) is 2. The smallest absolute Gasteiger partial charge is 0.330 e. The Morgan fingerprint density at radius 3 is 2.44 bits per heavy atom. The molecule has 0 aliphatic heterocycles. The van der Waals surface area contributed by atoms with Crippen LogP contribution in [-0.4, -0.2) is 22.2 Å². The highest BCUT2D eigenvalue weighted by atomic mass is 16.4. The minimum Gasteiger partial charge on any atom is -0.481 e. The lowest BCUT2D eigenvalue weighted by Gasteiger charge is -2.59. The number of allylic oxidation sites excluding steroid dienone is 4. The molecule has 0 heterocycles. The van der Waals surface area contributed by atoms with Crippen molar-refractivity contribution in [2.75, 3.05) is 0 Å². The zero-order valence-corrected chi connectivity index (χ0v) is 21.8. The largest absolute Gasteiger partial charge is 0.481 e. The molecule has 0 radical (unpaired) electrons. The molecule has 4 nitrogen and oxygen atoms in total. The van der Waals surface area contributed by atoms with E-state index in [1.165, 1.54) is 31.3 Å². The van der Waals surface area contributed by atoms with Gasteiger partial charge in [-0.15, -0.1) is 0 Å². The first kappa shape index (κ1) is 25.3. The normalized spacial score (nSPS) is 43.4. The predicted molar refractivity (Wildman–Crippen MR) is 135 cm³/mol. The molecule has 0 aromatic rings. The van der Waals surface area contributed by atoms with Gasteiger partial charge in [0, 0.05) is 17.9 Å². The van der Waals surface area contributed by atoms with Crippen molar-refractivity contribution in [3.63, 3.8) is 0 Å². The lowest BCUT2D eigenvalue weighted by Crippen LogP contribution is -2.53. The molecule has 4 aliphatic carbocycles. The molecule has 188 valence electrons. The van der Waals surface area contributed by atoms with Gasteiger partial charge in [0.05, 0.1) is 0 Å². The van der Waals surface area contributed by atoms with Gasteiger partial charge in [-0.3, -0.25) is 4.79 Å². The quantitative estimate of drug-likeness (QED) is 0.276. The number of carbonyl (C=O) groups is 2. The van der Waals surface area contributed by atoms with Crippen LogP contribution in [-0.2, 0) is 9.59 Å². The molecule has 0 aromatic heterocycles. The third-order valence-corrected chi connectivity index (χ3v) is 11.5. The standard InChI is InChI=1S/C30H44O4/c1-19(2)22-10-11-24-28(6)14-12-23(20(3)8-7-9-21(4)26(33)34)27(28,5)16-17-30(24)18-29(22,30)15-13-25(31)32/h9-11,20,22-24H,1,7-8,12-18H2,2-6H3,(H,31,32)(H,33,34)/b21-9-/t20-,22-,23-,24+,27-,28+,29-,30+/m1/s1. The molecule has 1 spiro atoms. The Morgan fingerprint density at radius 2 is 1.82 bits per heavy atom. The lowest BCUT2D eigenvalue weighted by atomic mass is 9.45. The first-order chi connectivity index (χ1) is 15.8. The van der Waals surface area contributed by atoms with Crippen LogP contribution >= 0.6 is 0 Å². The van der Waals surface area contributed by atoms with E-state index in [9.17, 15) is 14.7 Å². The van der Waals surface area contributed by atoms with Gasteiger partial charge in [0.1, 0.15) is 0 Å². The molecule has 0 aromatic carbocycles. The van der Waals surface area contributed by atoms with Crippen LogP contribution in [0.4, 0.5) is 0 Å². The maximum atomic E-state index is 11.5. The van der Waals surface area contributed by atoms with E-state index in [0.717, 1.165) is 25.7 Å². The Kier molecular flexibility index (Phi) is 6.23. The molecule has 0 unspecified atom stereocenters. The fraction of sp³-hybridized carbons (Fsp3) is 0.733. The molecule has 4 heteroatoms. The van der Waals surface area contributed by atoms with E-state index in [4.69, 9.17) is 5.11 Å². The van der Waals surface area contributed by atoms with Crippen molar-refractivity contribution in [1.82, 2.24) is 0 Å². The second-order valence-corrected chi connectivity index (χ2v) is 12.8. The van der Waals surface area contributed by atoms with E-state index >= 15 is 0 Å². The highest BCUT2D eigenvalue weighted by Gasteiger charge is 2.79. The Morgan fingerprint density at radius 1 is 1.12 bits per heavy atom. The summed E-state index contributed by atoms with van der Waals surface area (Å²) in [6.07, 6.45) is 15.7. The molecule has 2 N–H and O–H groups in total. The molecule has 0 saturated heterocycles. The zero-order valence-electron chi connectivity index (χ0n) is 21.8.